The SMILES string of the molecule is CC(C)(C)NCCC(=O)c1ccco1. The number of furan rings is 1. The smallest absolute Gasteiger partial charge is 0.199 e. The number of nitrogens with one attached hydrogen (secondary N) is 1. The number of ketones is 1. The van der Waals surface area contributed by atoms with Gasteiger partial charge in [-0.05, 0) is 32.9 Å². The third kappa shape index (κ3) is 3.75. The average Bonchev–Trinajstić information content (AvgIpc) is 2.53. The molecule has 0 aliphatic heterocycles. The lowest BCUT2D eigenvalue weighted by Gasteiger charge is -2.19. The quantitative estimate of drug-likeness (QED) is 0.749. The number of carbonyl (C=O) groups is 1. The molecule has 3 nitrogen and oxygen atoms in total. The Labute approximate surface area is 84.5 Å². The molecule has 0 atom stereocenters. The van der Waals surface area contributed by atoms with Crippen LogP contribution in [0.4, 0.5) is 0 Å². The van der Waals surface area contributed by atoms with Crippen LogP contribution in [0.1, 0.15) is 37.7 Å². The summed E-state index contributed by atoms with van der Waals surface area (Å²) in [4.78, 5) is 11.5. The standard InChI is InChI=1S/C11H17NO2/c1-11(2,3)12-7-6-9(13)10-5-4-8-14-10/h4-5,8,12H,6-7H2,1-3H3. The van der Waals surface area contributed by atoms with E-state index in [1.54, 1.807) is 12.1 Å². The summed E-state index contributed by atoms with van der Waals surface area (Å²) in [5, 5.41) is 3.25. The largest absolute Gasteiger partial charge is 0.461 e. The molecule has 0 spiro atoms. The van der Waals surface area contributed by atoms with E-state index < -0.39 is 0 Å². The van der Waals surface area contributed by atoms with Crippen LogP contribution in [0.5, 0.6) is 0 Å². The maximum atomic E-state index is 11.5. The lowest BCUT2D eigenvalue weighted by Crippen LogP contribution is -2.37. The first kappa shape index (κ1) is 11.0. The number of hydrogen-bond acceptors (Lipinski definition) is 3. The third-order valence-corrected chi connectivity index (χ3v) is 1.80. The Hall–Kier alpha value is -1.09. The van der Waals surface area contributed by atoms with E-state index in [0.29, 0.717) is 18.7 Å². The van der Waals surface area contributed by atoms with Gasteiger partial charge in [0, 0.05) is 18.5 Å². The maximum Gasteiger partial charge on any atom is 0.199 e. The van der Waals surface area contributed by atoms with Crippen molar-refractivity contribution >= 4 is 5.78 Å². The monoisotopic (exact) mass is 195 g/mol. The summed E-state index contributed by atoms with van der Waals surface area (Å²) in [6, 6.07) is 3.42. The molecule has 0 aliphatic carbocycles. The molecule has 0 aliphatic rings. The summed E-state index contributed by atoms with van der Waals surface area (Å²) in [7, 11) is 0. The minimum absolute atomic E-state index is 0.0479. The predicted octanol–water partition coefficient (Wildman–Crippen LogP) is 2.24. The zero-order chi connectivity index (χ0) is 10.6. The molecule has 0 saturated carbocycles. The highest BCUT2D eigenvalue weighted by Gasteiger charge is 2.11. The average molecular weight is 195 g/mol. The first-order valence-electron chi connectivity index (χ1n) is 4.81. The van der Waals surface area contributed by atoms with Gasteiger partial charge in [-0.2, -0.15) is 0 Å². The summed E-state index contributed by atoms with van der Waals surface area (Å²) in [6.45, 7) is 6.90. The van der Waals surface area contributed by atoms with Gasteiger partial charge in [-0.25, -0.2) is 0 Å². The molecule has 14 heavy (non-hydrogen) atoms. The Morgan fingerprint density at radius 3 is 2.71 bits per heavy atom. The molecule has 0 aromatic carbocycles. The summed E-state index contributed by atoms with van der Waals surface area (Å²) in [5.74, 6) is 0.493. The fourth-order valence-corrected chi connectivity index (χ4v) is 1.11. The van der Waals surface area contributed by atoms with Crippen LogP contribution in [0, 0.1) is 0 Å². The van der Waals surface area contributed by atoms with Gasteiger partial charge in [0.15, 0.2) is 11.5 Å². The minimum atomic E-state index is 0.0479. The Morgan fingerprint density at radius 2 is 2.21 bits per heavy atom. The van der Waals surface area contributed by atoms with Crippen LogP contribution < -0.4 is 5.32 Å². The lowest BCUT2D eigenvalue weighted by molar-refractivity contribution is 0.0954. The Kier molecular flexibility index (Phi) is 3.47. The molecule has 0 bridgehead atoms. The maximum absolute atomic E-state index is 11.5. The summed E-state index contributed by atoms with van der Waals surface area (Å²) < 4.78 is 5.00. The molecule has 0 saturated heterocycles. The van der Waals surface area contributed by atoms with Crippen molar-refractivity contribution in [2.45, 2.75) is 32.7 Å². The molecular weight excluding hydrogens is 178 g/mol. The second-order valence-electron chi connectivity index (χ2n) is 4.33. The van der Waals surface area contributed by atoms with Gasteiger partial charge in [0.2, 0.25) is 0 Å². The highest BCUT2D eigenvalue weighted by atomic mass is 16.3. The van der Waals surface area contributed by atoms with Crippen LogP contribution in [-0.2, 0) is 0 Å². The van der Waals surface area contributed by atoms with Crippen molar-refractivity contribution in [3.63, 3.8) is 0 Å². The summed E-state index contributed by atoms with van der Waals surface area (Å²) >= 11 is 0. The Balaban J connectivity index is 2.30. The zero-order valence-electron chi connectivity index (χ0n) is 8.96. The van der Waals surface area contributed by atoms with Crippen molar-refractivity contribution in [3.05, 3.63) is 24.2 Å². The van der Waals surface area contributed by atoms with Crippen molar-refractivity contribution in [1.29, 1.82) is 0 Å². The van der Waals surface area contributed by atoms with Crippen molar-refractivity contribution < 1.29 is 9.21 Å². The van der Waals surface area contributed by atoms with Gasteiger partial charge in [0.1, 0.15) is 0 Å². The van der Waals surface area contributed by atoms with Gasteiger partial charge >= 0.3 is 0 Å². The van der Waals surface area contributed by atoms with Crippen molar-refractivity contribution in [3.8, 4) is 0 Å². The minimum Gasteiger partial charge on any atom is -0.461 e. The van der Waals surface area contributed by atoms with E-state index in [1.807, 2.05) is 0 Å². The number of rotatable bonds is 4. The molecular formula is C11H17NO2. The third-order valence-electron chi connectivity index (χ3n) is 1.80. The van der Waals surface area contributed by atoms with Crippen LogP contribution in [0.25, 0.3) is 0 Å². The Morgan fingerprint density at radius 1 is 1.50 bits per heavy atom. The lowest BCUT2D eigenvalue weighted by atomic mass is 10.1. The van der Waals surface area contributed by atoms with Crippen molar-refractivity contribution in [2.75, 3.05) is 6.54 Å². The van der Waals surface area contributed by atoms with E-state index in [1.165, 1.54) is 6.26 Å². The first-order chi connectivity index (χ1) is 6.49. The molecule has 1 N–H and O–H groups in total. The van der Waals surface area contributed by atoms with E-state index in [9.17, 15) is 4.79 Å². The summed E-state index contributed by atoms with van der Waals surface area (Å²) in [6.07, 6.45) is 2.00. The zero-order valence-corrected chi connectivity index (χ0v) is 8.96. The van der Waals surface area contributed by atoms with E-state index in [0.717, 1.165) is 0 Å². The molecule has 0 unspecified atom stereocenters. The van der Waals surface area contributed by atoms with E-state index in [-0.39, 0.29) is 11.3 Å². The number of hydrogen-bond donors (Lipinski definition) is 1. The van der Waals surface area contributed by atoms with Gasteiger partial charge in [-0.15, -0.1) is 0 Å². The van der Waals surface area contributed by atoms with Gasteiger partial charge in [-0.3, -0.25) is 4.79 Å². The Bertz CT molecular complexity index is 283. The van der Waals surface area contributed by atoms with Crippen LogP contribution in [0.2, 0.25) is 0 Å². The fourth-order valence-electron chi connectivity index (χ4n) is 1.11. The van der Waals surface area contributed by atoms with Crippen LogP contribution in [0.3, 0.4) is 0 Å². The topological polar surface area (TPSA) is 42.2 Å². The van der Waals surface area contributed by atoms with E-state index in [2.05, 4.69) is 26.1 Å². The van der Waals surface area contributed by atoms with Gasteiger partial charge in [0.25, 0.3) is 0 Å². The number of carbonyl (C=O) groups excluding carboxylic acids is 1. The highest BCUT2D eigenvalue weighted by molar-refractivity contribution is 5.93. The molecule has 0 fully saturated rings. The van der Waals surface area contributed by atoms with Gasteiger partial charge in [0.05, 0.1) is 6.26 Å². The van der Waals surface area contributed by atoms with Crippen molar-refractivity contribution in [1.82, 2.24) is 5.32 Å². The molecule has 1 rings (SSSR count). The molecule has 1 aromatic rings. The van der Waals surface area contributed by atoms with E-state index in [4.69, 9.17) is 4.42 Å². The van der Waals surface area contributed by atoms with Crippen LogP contribution in [-0.4, -0.2) is 17.9 Å². The van der Waals surface area contributed by atoms with Gasteiger partial charge < -0.3 is 9.73 Å². The first-order valence-corrected chi connectivity index (χ1v) is 4.81. The molecule has 1 heterocycles. The molecule has 0 amide bonds. The second kappa shape index (κ2) is 4.42. The molecule has 3 heteroatoms. The van der Waals surface area contributed by atoms with Gasteiger partial charge in [-0.1, -0.05) is 0 Å². The van der Waals surface area contributed by atoms with Crippen LogP contribution in [0.15, 0.2) is 22.8 Å². The highest BCUT2D eigenvalue weighted by Crippen LogP contribution is 2.04. The number of Topliss-reactive ketones (excluding diaryl/α,β-unsaturated/α-hetero) is 1. The molecule has 0 radical (unpaired) electrons. The normalized spacial score (nSPS) is 11.6. The molecule has 1 aromatic heterocycles. The predicted molar refractivity (Wildman–Crippen MR) is 55.4 cm³/mol. The summed E-state index contributed by atoms with van der Waals surface area (Å²) in [5.41, 5.74) is 0.0590. The van der Waals surface area contributed by atoms with Crippen LogP contribution >= 0.6 is 0 Å². The van der Waals surface area contributed by atoms with E-state index >= 15 is 0 Å². The van der Waals surface area contributed by atoms with Crippen molar-refractivity contribution in [2.24, 2.45) is 0 Å². The second-order valence-corrected chi connectivity index (χ2v) is 4.33. The molecule has 78 valence electrons. The fraction of sp³-hybridized carbons (Fsp3) is 0.545.